The molecule has 1 atom stereocenters. The van der Waals surface area contributed by atoms with Gasteiger partial charge in [-0.1, -0.05) is 18.0 Å². The SMILES string of the molecule is CN1CCC(N2CCN(C(=O)[C@@H](CN3CCCCC3)NC(=O)c3cc4cc(Cl)ccc4[nH]3)CC2)CC1. The Morgan fingerprint density at radius 2 is 1.72 bits per heavy atom. The number of rotatable bonds is 6. The van der Waals surface area contributed by atoms with E-state index in [0.717, 1.165) is 76.1 Å². The summed E-state index contributed by atoms with van der Waals surface area (Å²) in [4.78, 5) is 39.4. The molecule has 0 unspecified atom stereocenters. The van der Waals surface area contributed by atoms with E-state index in [2.05, 4.69) is 32.0 Å². The smallest absolute Gasteiger partial charge is 0.268 e. The Kier molecular flexibility index (Phi) is 8.15. The van der Waals surface area contributed by atoms with E-state index in [0.29, 0.717) is 23.3 Å². The van der Waals surface area contributed by atoms with Gasteiger partial charge in [0.25, 0.3) is 5.91 Å². The van der Waals surface area contributed by atoms with Crippen LogP contribution in [0, 0.1) is 0 Å². The molecule has 0 spiro atoms. The van der Waals surface area contributed by atoms with Gasteiger partial charge in [-0.2, -0.15) is 0 Å². The number of amides is 2. The molecule has 36 heavy (non-hydrogen) atoms. The molecular formula is C27H39ClN6O2. The molecule has 4 heterocycles. The zero-order chi connectivity index (χ0) is 25.1. The minimum atomic E-state index is -0.555. The molecule has 9 heteroatoms. The van der Waals surface area contributed by atoms with Crippen LogP contribution in [0.25, 0.3) is 10.9 Å². The summed E-state index contributed by atoms with van der Waals surface area (Å²) in [5.74, 6) is -0.209. The number of carbonyl (C=O) groups excluding carboxylic acids is 2. The zero-order valence-electron chi connectivity index (χ0n) is 21.3. The number of aromatic nitrogens is 1. The minimum Gasteiger partial charge on any atom is -0.351 e. The number of aromatic amines is 1. The summed E-state index contributed by atoms with van der Waals surface area (Å²) in [6.07, 6.45) is 5.93. The van der Waals surface area contributed by atoms with E-state index in [-0.39, 0.29) is 11.8 Å². The molecule has 2 aromatic rings. The molecule has 5 rings (SSSR count). The number of hydrogen-bond donors (Lipinski definition) is 2. The third-order valence-corrected chi connectivity index (χ3v) is 8.39. The summed E-state index contributed by atoms with van der Waals surface area (Å²) in [5, 5.41) is 4.59. The maximum absolute atomic E-state index is 13.7. The molecule has 3 aliphatic rings. The largest absolute Gasteiger partial charge is 0.351 e. The number of H-pyrrole nitrogens is 1. The fourth-order valence-electron chi connectivity index (χ4n) is 5.94. The molecule has 8 nitrogen and oxygen atoms in total. The number of hydrogen-bond acceptors (Lipinski definition) is 5. The molecule has 0 saturated carbocycles. The monoisotopic (exact) mass is 514 g/mol. The highest BCUT2D eigenvalue weighted by molar-refractivity contribution is 6.31. The van der Waals surface area contributed by atoms with Gasteiger partial charge in [-0.25, -0.2) is 0 Å². The highest BCUT2D eigenvalue weighted by Gasteiger charge is 2.33. The number of piperazine rings is 1. The summed E-state index contributed by atoms with van der Waals surface area (Å²) < 4.78 is 0. The van der Waals surface area contributed by atoms with E-state index >= 15 is 0 Å². The van der Waals surface area contributed by atoms with Crippen molar-refractivity contribution in [2.75, 3.05) is 66.0 Å². The van der Waals surface area contributed by atoms with E-state index in [1.165, 1.54) is 19.3 Å². The van der Waals surface area contributed by atoms with Crippen molar-refractivity contribution < 1.29 is 9.59 Å². The Hall–Kier alpha value is -2.13. The normalized spacial score (nSPS) is 22.1. The maximum Gasteiger partial charge on any atom is 0.268 e. The molecule has 3 aliphatic heterocycles. The van der Waals surface area contributed by atoms with Gasteiger partial charge in [0, 0.05) is 54.7 Å². The second-order valence-electron chi connectivity index (χ2n) is 10.7. The molecule has 0 aliphatic carbocycles. The van der Waals surface area contributed by atoms with E-state index in [1.807, 2.05) is 17.0 Å². The fraction of sp³-hybridized carbons (Fsp3) is 0.630. The summed E-state index contributed by atoms with van der Waals surface area (Å²) in [6.45, 7) is 8.08. The Morgan fingerprint density at radius 1 is 1.00 bits per heavy atom. The summed E-state index contributed by atoms with van der Waals surface area (Å²) >= 11 is 6.12. The maximum atomic E-state index is 13.7. The van der Waals surface area contributed by atoms with Crippen molar-refractivity contribution in [3.8, 4) is 0 Å². The number of benzene rings is 1. The third kappa shape index (κ3) is 6.05. The van der Waals surface area contributed by atoms with Gasteiger partial charge in [-0.05, 0) is 83.2 Å². The van der Waals surface area contributed by atoms with Crippen LogP contribution in [-0.4, -0.2) is 114 Å². The molecule has 3 fully saturated rings. The van der Waals surface area contributed by atoms with E-state index < -0.39 is 6.04 Å². The summed E-state index contributed by atoms with van der Waals surface area (Å²) in [6, 6.07) is 7.38. The second-order valence-corrected chi connectivity index (χ2v) is 11.1. The first-order valence-corrected chi connectivity index (χ1v) is 13.9. The van der Waals surface area contributed by atoms with Crippen LogP contribution in [0.5, 0.6) is 0 Å². The first-order valence-electron chi connectivity index (χ1n) is 13.5. The molecule has 1 aromatic carbocycles. The van der Waals surface area contributed by atoms with Crippen molar-refractivity contribution in [3.05, 3.63) is 35.0 Å². The van der Waals surface area contributed by atoms with Crippen LogP contribution in [0.1, 0.15) is 42.6 Å². The number of halogens is 1. The second kappa shape index (κ2) is 11.5. The Bertz CT molecular complexity index is 1050. The van der Waals surface area contributed by atoms with Crippen LogP contribution >= 0.6 is 11.6 Å². The van der Waals surface area contributed by atoms with Crippen LogP contribution in [0.15, 0.2) is 24.3 Å². The highest BCUT2D eigenvalue weighted by Crippen LogP contribution is 2.21. The Balaban J connectivity index is 1.24. The van der Waals surface area contributed by atoms with Gasteiger partial charge in [-0.3, -0.25) is 14.5 Å². The lowest BCUT2D eigenvalue weighted by atomic mass is 10.0. The summed E-state index contributed by atoms with van der Waals surface area (Å²) in [7, 11) is 2.19. The van der Waals surface area contributed by atoms with Gasteiger partial charge < -0.3 is 25.0 Å². The van der Waals surface area contributed by atoms with Gasteiger partial charge in [-0.15, -0.1) is 0 Å². The quantitative estimate of drug-likeness (QED) is 0.620. The van der Waals surface area contributed by atoms with Gasteiger partial charge in [0.15, 0.2) is 0 Å². The van der Waals surface area contributed by atoms with Crippen molar-refractivity contribution >= 4 is 34.3 Å². The molecule has 1 aromatic heterocycles. The van der Waals surface area contributed by atoms with Gasteiger partial charge in [0.1, 0.15) is 11.7 Å². The highest BCUT2D eigenvalue weighted by atomic mass is 35.5. The van der Waals surface area contributed by atoms with Crippen molar-refractivity contribution in [3.63, 3.8) is 0 Å². The number of nitrogens with zero attached hydrogens (tertiary/aromatic N) is 4. The van der Waals surface area contributed by atoms with Crippen LogP contribution in [0.4, 0.5) is 0 Å². The summed E-state index contributed by atoms with van der Waals surface area (Å²) in [5.41, 5.74) is 1.31. The predicted molar refractivity (Wildman–Crippen MR) is 144 cm³/mol. The van der Waals surface area contributed by atoms with Crippen LogP contribution in [0.3, 0.4) is 0 Å². The van der Waals surface area contributed by atoms with Crippen LogP contribution in [-0.2, 0) is 4.79 Å². The minimum absolute atomic E-state index is 0.0381. The first kappa shape index (κ1) is 25.5. The van der Waals surface area contributed by atoms with Gasteiger partial charge in [0.05, 0.1) is 0 Å². The van der Waals surface area contributed by atoms with Gasteiger partial charge >= 0.3 is 0 Å². The van der Waals surface area contributed by atoms with E-state index in [1.54, 1.807) is 12.1 Å². The number of likely N-dealkylation sites (tertiary alicyclic amines) is 2. The van der Waals surface area contributed by atoms with Crippen molar-refractivity contribution in [1.29, 1.82) is 0 Å². The lowest BCUT2D eigenvalue weighted by molar-refractivity contribution is -0.136. The number of fused-ring (bicyclic) bond motifs is 1. The van der Waals surface area contributed by atoms with Crippen molar-refractivity contribution in [1.82, 2.24) is 29.9 Å². The van der Waals surface area contributed by atoms with Crippen molar-refractivity contribution in [2.24, 2.45) is 0 Å². The van der Waals surface area contributed by atoms with E-state index in [9.17, 15) is 9.59 Å². The standard InChI is InChI=1S/C27H39ClN6O2/c1-31-11-7-22(8-12-31)33-13-15-34(16-14-33)27(36)25(19-32-9-3-2-4-10-32)30-26(35)24-18-20-17-21(28)5-6-23(20)29-24/h5-6,17-18,22,25,29H,2-4,7-16,19H2,1H3,(H,30,35)/t25-/m1/s1. The van der Waals surface area contributed by atoms with Crippen LogP contribution in [0.2, 0.25) is 5.02 Å². The molecule has 2 amide bonds. The first-order chi connectivity index (χ1) is 17.5. The topological polar surface area (TPSA) is 74.9 Å². The third-order valence-electron chi connectivity index (χ3n) is 8.15. The molecular weight excluding hydrogens is 476 g/mol. The predicted octanol–water partition coefficient (Wildman–Crippen LogP) is 2.64. The molecule has 2 N–H and O–H groups in total. The average Bonchev–Trinajstić information content (AvgIpc) is 3.32. The number of piperidine rings is 2. The number of carbonyl (C=O) groups is 2. The van der Waals surface area contributed by atoms with Crippen LogP contribution < -0.4 is 5.32 Å². The van der Waals surface area contributed by atoms with Crippen molar-refractivity contribution in [2.45, 2.75) is 44.2 Å². The molecule has 196 valence electrons. The fourth-order valence-corrected chi connectivity index (χ4v) is 6.12. The molecule has 0 radical (unpaired) electrons. The lowest BCUT2D eigenvalue weighted by Gasteiger charge is -2.43. The van der Waals surface area contributed by atoms with E-state index in [4.69, 9.17) is 11.6 Å². The number of nitrogens with one attached hydrogen (secondary N) is 2. The lowest BCUT2D eigenvalue weighted by Crippen LogP contribution is -2.59. The van der Waals surface area contributed by atoms with Gasteiger partial charge in [0.2, 0.25) is 5.91 Å². The molecule has 0 bridgehead atoms. The Labute approximate surface area is 218 Å². The average molecular weight is 515 g/mol. The zero-order valence-corrected chi connectivity index (χ0v) is 22.1. The Morgan fingerprint density at radius 3 is 2.44 bits per heavy atom. The molecule has 3 saturated heterocycles.